The van der Waals surface area contributed by atoms with Gasteiger partial charge < -0.3 is 19.3 Å². The van der Waals surface area contributed by atoms with Crippen molar-refractivity contribution in [3.05, 3.63) is 23.3 Å². The van der Waals surface area contributed by atoms with Gasteiger partial charge in [-0.15, -0.1) is 0 Å². The standard InChI is InChI=1S/C19H28N2O4/c1-13(2)18(22)20-9-6-10-21(12-11-20)19(23)15-7-8-16(24-4)14(3)17(15)25-5/h7-8,13H,6,9-12H2,1-5H3. The van der Waals surface area contributed by atoms with Crippen molar-refractivity contribution in [2.24, 2.45) is 5.92 Å². The van der Waals surface area contributed by atoms with Crippen molar-refractivity contribution in [2.75, 3.05) is 40.4 Å². The largest absolute Gasteiger partial charge is 0.496 e. The van der Waals surface area contributed by atoms with Gasteiger partial charge in [0.25, 0.3) is 5.91 Å². The Kier molecular flexibility index (Phi) is 6.28. The Hall–Kier alpha value is -2.24. The van der Waals surface area contributed by atoms with Crippen molar-refractivity contribution >= 4 is 11.8 Å². The Labute approximate surface area is 149 Å². The number of hydrogen-bond acceptors (Lipinski definition) is 4. The lowest BCUT2D eigenvalue weighted by atomic mass is 10.1. The van der Waals surface area contributed by atoms with Gasteiger partial charge in [0, 0.05) is 37.7 Å². The number of carbonyl (C=O) groups is 2. The van der Waals surface area contributed by atoms with Crippen molar-refractivity contribution in [3.8, 4) is 11.5 Å². The minimum absolute atomic E-state index is 0.0217. The molecule has 0 unspecified atom stereocenters. The Bertz CT molecular complexity index is 643. The number of benzene rings is 1. The van der Waals surface area contributed by atoms with Gasteiger partial charge in [-0.1, -0.05) is 13.8 Å². The molecule has 6 heteroatoms. The highest BCUT2D eigenvalue weighted by Gasteiger charge is 2.26. The van der Waals surface area contributed by atoms with Crippen molar-refractivity contribution in [1.82, 2.24) is 9.80 Å². The summed E-state index contributed by atoms with van der Waals surface area (Å²) >= 11 is 0. The van der Waals surface area contributed by atoms with Crippen LogP contribution in [0.5, 0.6) is 11.5 Å². The summed E-state index contributed by atoms with van der Waals surface area (Å²) in [5, 5.41) is 0. The van der Waals surface area contributed by atoms with Crippen LogP contribution in [0, 0.1) is 12.8 Å². The van der Waals surface area contributed by atoms with Gasteiger partial charge in [0.05, 0.1) is 19.8 Å². The van der Waals surface area contributed by atoms with Crippen molar-refractivity contribution in [1.29, 1.82) is 0 Å². The summed E-state index contributed by atoms with van der Waals surface area (Å²) < 4.78 is 10.8. The fourth-order valence-electron chi connectivity index (χ4n) is 3.20. The second kappa shape index (κ2) is 8.23. The SMILES string of the molecule is COc1ccc(C(=O)N2CCCN(C(=O)C(C)C)CC2)c(OC)c1C. The van der Waals surface area contributed by atoms with E-state index in [-0.39, 0.29) is 17.7 Å². The number of hydrogen-bond donors (Lipinski definition) is 0. The molecule has 6 nitrogen and oxygen atoms in total. The molecule has 1 saturated heterocycles. The Balaban J connectivity index is 2.18. The van der Waals surface area contributed by atoms with Crippen LogP contribution in [0.25, 0.3) is 0 Å². The number of carbonyl (C=O) groups excluding carboxylic acids is 2. The third-order valence-corrected chi connectivity index (χ3v) is 4.60. The monoisotopic (exact) mass is 348 g/mol. The Morgan fingerprint density at radius 3 is 2.24 bits per heavy atom. The number of amides is 2. The highest BCUT2D eigenvalue weighted by molar-refractivity contribution is 5.97. The van der Waals surface area contributed by atoms with E-state index in [4.69, 9.17) is 9.47 Å². The van der Waals surface area contributed by atoms with E-state index in [0.29, 0.717) is 43.2 Å². The van der Waals surface area contributed by atoms with Gasteiger partial charge >= 0.3 is 0 Å². The summed E-state index contributed by atoms with van der Waals surface area (Å²) in [6, 6.07) is 3.53. The fourth-order valence-corrected chi connectivity index (χ4v) is 3.20. The number of methoxy groups -OCH3 is 2. The lowest BCUT2D eigenvalue weighted by Gasteiger charge is -2.24. The molecule has 1 heterocycles. The molecule has 138 valence electrons. The molecule has 1 aromatic carbocycles. The highest BCUT2D eigenvalue weighted by atomic mass is 16.5. The van der Waals surface area contributed by atoms with E-state index in [2.05, 4.69) is 0 Å². The molecule has 0 spiro atoms. The maximum atomic E-state index is 13.0. The summed E-state index contributed by atoms with van der Waals surface area (Å²) in [6.45, 7) is 8.11. The molecule has 1 fully saturated rings. The Morgan fingerprint density at radius 1 is 1.00 bits per heavy atom. The van der Waals surface area contributed by atoms with Crippen LogP contribution in [0.15, 0.2) is 12.1 Å². The number of nitrogens with zero attached hydrogens (tertiary/aromatic N) is 2. The van der Waals surface area contributed by atoms with Gasteiger partial charge in [0.1, 0.15) is 11.5 Å². The first-order chi connectivity index (χ1) is 11.9. The second-order valence-electron chi connectivity index (χ2n) is 6.60. The lowest BCUT2D eigenvalue weighted by Crippen LogP contribution is -2.39. The van der Waals surface area contributed by atoms with E-state index in [9.17, 15) is 9.59 Å². The van der Waals surface area contributed by atoms with Crippen LogP contribution in [0.1, 0.15) is 36.2 Å². The average molecular weight is 348 g/mol. The summed E-state index contributed by atoms with van der Waals surface area (Å²) in [7, 11) is 3.16. The van der Waals surface area contributed by atoms with Crippen LogP contribution in [0.4, 0.5) is 0 Å². The molecule has 1 aliphatic heterocycles. The molecule has 25 heavy (non-hydrogen) atoms. The molecule has 2 rings (SSSR count). The minimum Gasteiger partial charge on any atom is -0.496 e. The molecular formula is C19H28N2O4. The van der Waals surface area contributed by atoms with Crippen LogP contribution in [0.3, 0.4) is 0 Å². The minimum atomic E-state index is -0.0681. The van der Waals surface area contributed by atoms with Crippen molar-refractivity contribution in [3.63, 3.8) is 0 Å². The first kappa shape index (κ1) is 19.1. The maximum Gasteiger partial charge on any atom is 0.257 e. The molecule has 0 N–H and O–H groups in total. The summed E-state index contributed by atoms with van der Waals surface area (Å²) in [5.74, 6) is 1.29. The van der Waals surface area contributed by atoms with E-state index in [0.717, 1.165) is 12.0 Å². The van der Waals surface area contributed by atoms with E-state index in [1.165, 1.54) is 0 Å². The van der Waals surface area contributed by atoms with Crippen molar-refractivity contribution < 1.29 is 19.1 Å². The molecule has 0 bridgehead atoms. The predicted molar refractivity (Wildman–Crippen MR) is 96.2 cm³/mol. The quantitative estimate of drug-likeness (QED) is 0.838. The maximum absolute atomic E-state index is 13.0. The zero-order valence-electron chi connectivity index (χ0n) is 15.8. The van der Waals surface area contributed by atoms with Crippen LogP contribution < -0.4 is 9.47 Å². The highest BCUT2D eigenvalue weighted by Crippen LogP contribution is 2.32. The Morgan fingerprint density at radius 2 is 1.64 bits per heavy atom. The lowest BCUT2D eigenvalue weighted by molar-refractivity contribution is -0.134. The van der Waals surface area contributed by atoms with E-state index in [1.54, 1.807) is 31.3 Å². The van der Waals surface area contributed by atoms with Gasteiger partial charge in [0.2, 0.25) is 5.91 Å². The molecule has 0 atom stereocenters. The van der Waals surface area contributed by atoms with Crippen LogP contribution >= 0.6 is 0 Å². The first-order valence-corrected chi connectivity index (χ1v) is 8.70. The first-order valence-electron chi connectivity index (χ1n) is 8.70. The summed E-state index contributed by atoms with van der Waals surface area (Å²) in [4.78, 5) is 28.9. The molecule has 1 aliphatic rings. The van der Waals surface area contributed by atoms with Crippen molar-refractivity contribution in [2.45, 2.75) is 27.2 Å². The van der Waals surface area contributed by atoms with Crippen LogP contribution in [-0.2, 0) is 4.79 Å². The number of ether oxygens (including phenoxy) is 2. The van der Waals surface area contributed by atoms with Crippen LogP contribution in [0.2, 0.25) is 0 Å². The molecular weight excluding hydrogens is 320 g/mol. The van der Waals surface area contributed by atoms with Gasteiger partial charge in [-0.25, -0.2) is 0 Å². The smallest absolute Gasteiger partial charge is 0.257 e. The molecule has 0 aromatic heterocycles. The van der Waals surface area contributed by atoms with E-state index < -0.39 is 0 Å². The molecule has 0 aliphatic carbocycles. The zero-order valence-corrected chi connectivity index (χ0v) is 15.8. The third-order valence-electron chi connectivity index (χ3n) is 4.60. The normalized spacial score (nSPS) is 15.1. The zero-order chi connectivity index (χ0) is 18.6. The van der Waals surface area contributed by atoms with E-state index in [1.807, 2.05) is 25.7 Å². The topological polar surface area (TPSA) is 59.1 Å². The molecule has 0 radical (unpaired) electrons. The van der Waals surface area contributed by atoms with Gasteiger partial charge in [-0.3, -0.25) is 9.59 Å². The summed E-state index contributed by atoms with van der Waals surface area (Å²) in [6.07, 6.45) is 0.779. The van der Waals surface area contributed by atoms with Gasteiger partial charge in [-0.2, -0.15) is 0 Å². The summed E-state index contributed by atoms with van der Waals surface area (Å²) in [5.41, 5.74) is 1.34. The molecule has 0 saturated carbocycles. The predicted octanol–water partition coefficient (Wildman–Crippen LogP) is 2.34. The fraction of sp³-hybridized carbons (Fsp3) is 0.579. The average Bonchev–Trinajstić information content (AvgIpc) is 2.86. The van der Waals surface area contributed by atoms with Gasteiger partial charge in [0.15, 0.2) is 0 Å². The van der Waals surface area contributed by atoms with Crippen LogP contribution in [-0.4, -0.2) is 62.0 Å². The molecule has 2 amide bonds. The molecule has 1 aromatic rings. The number of rotatable bonds is 4. The van der Waals surface area contributed by atoms with E-state index >= 15 is 0 Å². The van der Waals surface area contributed by atoms with Gasteiger partial charge in [-0.05, 0) is 25.5 Å². The second-order valence-corrected chi connectivity index (χ2v) is 6.60. The third kappa shape index (κ3) is 4.06.